The van der Waals surface area contributed by atoms with Crippen LogP contribution in [0.2, 0.25) is 0 Å². The number of ether oxygens (including phenoxy) is 4. The number of esters is 2. The fourth-order valence-corrected chi connectivity index (χ4v) is 8.66. The summed E-state index contributed by atoms with van der Waals surface area (Å²) in [6.07, 6.45) is 5.07. The van der Waals surface area contributed by atoms with Gasteiger partial charge in [-0.15, -0.1) is 0 Å². The second-order valence-electron chi connectivity index (χ2n) is 15.5. The molecule has 10 unspecified atom stereocenters. The van der Waals surface area contributed by atoms with Crippen molar-refractivity contribution < 1.29 is 28.5 Å². The highest BCUT2D eigenvalue weighted by atomic mass is 16.7. The van der Waals surface area contributed by atoms with Crippen LogP contribution in [0.3, 0.4) is 0 Å². The van der Waals surface area contributed by atoms with E-state index in [1.54, 1.807) is 13.8 Å². The van der Waals surface area contributed by atoms with E-state index in [1.165, 1.54) is 11.1 Å². The smallest absolute Gasteiger partial charge is 0.313 e. The van der Waals surface area contributed by atoms with Crippen LogP contribution < -0.4 is 9.47 Å². The van der Waals surface area contributed by atoms with E-state index in [9.17, 15) is 9.59 Å². The van der Waals surface area contributed by atoms with Crippen LogP contribution in [-0.2, 0) is 29.9 Å². The van der Waals surface area contributed by atoms with Gasteiger partial charge in [-0.05, 0) is 94.6 Å². The van der Waals surface area contributed by atoms with Crippen LogP contribution >= 0.6 is 0 Å². The van der Waals surface area contributed by atoms with Gasteiger partial charge >= 0.3 is 11.9 Å². The SMILES string of the molecule is CC(OC(=O)C1C2CC(C1C(=O)OC(C)Oc1ccc(C(C)(C)C)cc1)C1C3C=CC(C3)C21)Oc1ccc(C(C)(C)C)cc1. The van der Waals surface area contributed by atoms with Gasteiger partial charge in [-0.25, -0.2) is 0 Å². The van der Waals surface area contributed by atoms with Gasteiger partial charge in [-0.1, -0.05) is 78.0 Å². The Hall–Kier alpha value is -3.28. The Kier molecular flexibility index (Phi) is 7.87. The first-order valence-electron chi connectivity index (χ1n) is 16.3. The van der Waals surface area contributed by atoms with Crippen LogP contribution in [0.15, 0.2) is 60.7 Å². The number of fused-ring (bicyclic) bond motifs is 9. The van der Waals surface area contributed by atoms with Crippen LogP contribution in [0.25, 0.3) is 0 Å². The summed E-state index contributed by atoms with van der Waals surface area (Å²) in [6.45, 7) is 16.5. The minimum atomic E-state index is -0.784. The van der Waals surface area contributed by atoms with Crippen molar-refractivity contribution in [3.63, 3.8) is 0 Å². The molecule has 4 aliphatic rings. The fourth-order valence-electron chi connectivity index (χ4n) is 8.66. The van der Waals surface area contributed by atoms with Gasteiger partial charge in [0.25, 0.3) is 0 Å². The van der Waals surface area contributed by atoms with Crippen molar-refractivity contribution in [3.05, 3.63) is 71.8 Å². The maximum Gasteiger partial charge on any atom is 0.313 e. The first-order valence-corrected chi connectivity index (χ1v) is 16.3. The number of hydrogen-bond donors (Lipinski definition) is 0. The summed E-state index contributed by atoms with van der Waals surface area (Å²) < 4.78 is 23.8. The first-order chi connectivity index (χ1) is 20.7. The third-order valence-electron chi connectivity index (χ3n) is 10.6. The van der Waals surface area contributed by atoms with Gasteiger partial charge < -0.3 is 18.9 Å². The number of carbonyl (C=O) groups is 2. The van der Waals surface area contributed by atoms with Crippen molar-refractivity contribution in [2.24, 2.45) is 47.3 Å². The number of benzene rings is 2. The number of carbonyl (C=O) groups excluding carboxylic acids is 2. The average molecular weight is 601 g/mol. The molecule has 0 saturated heterocycles. The Labute approximate surface area is 262 Å². The van der Waals surface area contributed by atoms with Crippen molar-refractivity contribution in [2.75, 3.05) is 0 Å². The molecule has 0 spiro atoms. The van der Waals surface area contributed by atoms with Gasteiger partial charge in [0.2, 0.25) is 12.6 Å². The molecule has 44 heavy (non-hydrogen) atoms. The van der Waals surface area contributed by atoms with Gasteiger partial charge in [-0.3, -0.25) is 9.59 Å². The predicted molar refractivity (Wildman–Crippen MR) is 169 cm³/mol. The van der Waals surface area contributed by atoms with E-state index < -0.39 is 24.4 Å². The van der Waals surface area contributed by atoms with Gasteiger partial charge in [0.1, 0.15) is 11.5 Å². The molecule has 2 aromatic carbocycles. The second kappa shape index (κ2) is 11.3. The molecule has 6 nitrogen and oxygen atoms in total. The zero-order valence-electron chi connectivity index (χ0n) is 27.4. The summed E-state index contributed by atoms with van der Waals surface area (Å²) in [5.74, 6) is 1.49. The highest BCUT2D eigenvalue weighted by Crippen LogP contribution is 2.69. The fraction of sp³-hybridized carbons (Fsp3) is 0.579. The molecule has 2 aromatic rings. The maximum atomic E-state index is 13.9. The van der Waals surface area contributed by atoms with Crippen molar-refractivity contribution >= 4 is 11.9 Å². The topological polar surface area (TPSA) is 71.1 Å². The molecule has 3 saturated carbocycles. The lowest BCUT2D eigenvalue weighted by Gasteiger charge is -2.40. The third-order valence-corrected chi connectivity index (χ3v) is 10.6. The largest absolute Gasteiger partial charge is 0.455 e. The molecule has 0 aliphatic heterocycles. The van der Waals surface area contributed by atoms with Crippen LogP contribution in [0.1, 0.15) is 79.4 Å². The van der Waals surface area contributed by atoms with Crippen molar-refractivity contribution in [2.45, 2.75) is 91.6 Å². The van der Waals surface area contributed by atoms with Crippen LogP contribution in [0.5, 0.6) is 11.5 Å². The summed E-state index contributed by atoms with van der Waals surface area (Å²) in [4.78, 5) is 27.7. The van der Waals surface area contributed by atoms with Crippen molar-refractivity contribution in [1.82, 2.24) is 0 Å². The van der Waals surface area contributed by atoms with Gasteiger partial charge in [0.15, 0.2) is 0 Å². The number of allylic oxidation sites excluding steroid dienone is 2. The van der Waals surface area contributed by atoms with Crippen LogP contribution in [0.4, 0.5) is 0 Å². The van der Waals surface area contributed by atoms with Gasteiger partial charge in [0.05, 0.1) is 11.8 Å². The molecule has 0 heterocycles. The minimum absolute atomic E-state index is 0.0359. The third kappa shape index (κ3) is 5.77. The molecule has 0 amide bonds. The Morgan fingerprint density at radius 2 is 0.977 bits per heavy atom. The molecule has 3 fully saturated rings. The predicted octanol–water partition coefficient (Wildman–Crippen LogP) is 7.84. The normalized spacial score (nSPS) is 31.4. The summed E-state index contributed by atoms with van der Waals surface area (Å²) in [5.41, 5.74) is 2.47. The van der Waals surface area contributed by atoms with E-state index in [0.717, 1.165) is 12.8 Å². The zero-order valence-corrected chi connectivity index (χ0v) is 27.4. The van der Waals surface area contributed by atoms with Crippen LogP contribution in [0, 0.1) is 47.3 Å². The van der Waals surface area contributed by atoms with E-state index in [1.807, 2.05) is 48.5 Å². The Morgan fingerprint density at radius 1 is 0.614 bits per heavy atom. The standard InChI is InChI=1S/C38H48O6/c1-21(41-27-15-11-25(12-16-27)37(3,4)5)43-35(39)33-29-20-30(32-24-10-9-23(19-24)31(29)32)34(33)36(40)44-22(2)42-28-17-13-26(14-18-28)38(6,7)8/h9-18,21-24,29-34H,19-20H2,1-8H3. The summed E-state index contributed by atoms with van der Waals surface area (Å²) in [6, 6.07) is 15.8. The Balaban J connectivity index is 1.14. The zero-order chi connectivity index (χ0) is 31.6. The van der Waals surface area contributed by atoms with E-state index in [4.69, 9.17) is 18.9 Å². The van der Waals surface area contributed by atoms with Crippen LogP contribution in [-0.4, -0.2) is 24.5 Å². The highest BCUT2D eigenvalue weighted by molar-refractivity contribution is 5.84. The molecule has 10 atom stereocenters. The maximum absolute atomic E-state index is 13.9. The molecule has 6 heteroatoms. The summed E-state index contributed by atoms with van der Waals surface area (Å²) in [7, 11) is 0. The van der Waals surface area contributed by atoms with Gasteiger partial charge in [-0.2, -0.15) is 0 Å². The lowest BCUT2D eigenvalue weighted by atomic mass is 9.65. The Morgan fingerprint density at radius 3 is 1.32 bits per heavy atom. The molecule has 236 valence electrons. The summed E-state index contributed by atoms with van der Waals surface area (Å²) >= 11 is 0. The highest BCUT2D eigenvalue weighted by Gasteiger charge is 2.68. The van der Waals surface area contributed by atoms with Crippen molar-refractivity contribution in [3.8, 4) is 11.5 Å². The number of rotatable bonds is 8. The Bertz CT molecular complexity index is 1290. The molecule has 4 aliphatic carbocycles. The van der Waals surface area contributed by atoms with E-state index >= 15 is 0 Å². The minimum Gasteiger partial charge on any atom is -0.455 e. The van der Waals surface area contributed by atoms with E-state index in [-0.39, 0.29) is 34.6 Å². The average Bonchev–Trinajstić information content (AvgIpc) is 3.72. The van der Waals surface area contributed by atoms with E-state index in [0.29, 0.717) is 35.2 Å². The number of hydrogen-bond acceptors (Lipinski definition) is 6. The lowest BCUT2D eigenvalue weighted by molar-refractivity contribution is -0.184. The quantitative estimate of drug-likeness (QED) is 0.133. The molecule has 6 rings (SSSR count). The van der Waals surface area contributed by atoms with E-state index in [2.05, 4.69) is 53.7 Å². The first kappa shape index (κ1) is 30.7. The monoisotopic (exact) mass is 600 g/mol. The molecular weight excluding hydrogens is 552 g/mol. The lowest BCUT2D eigenvalue weighted by Crippen LogP contribution is -2.46. The molecule has 0 N–H and O–H groups in total. The molecule has 0 radical (unpaired) electrons. The van der Waals surface area contributed by atoms with Crippen molar-refractivity contribution in [1.29, 1.82) is 0 Å². The molecule has 0 aromatic heterocycles. The molecular formula is C38H48O6. The summed E-state index contributed by atoms with van der Waals surface area (Å²) in [5, 5.41) is 0. The van der Waals surface area contributed by atoms with Gasteiger partial charge in [0, 0.05) is 13.8 Å². The second-order valence-corrected chi connectivity index (χ2v) is 15.5. The molecule has 4 bridgehead atoms.